The van der Waals surface area contributed by atoms with Gasteiger partial charge < -0.3 is 15.1 Å². The first-order chi connectivity index (χ1) is 13.5. The van der Waals surface area contributed by atoms with E-state index in [1.54, 1.807) is 12.1 Å². The third-order valence-electron chi connectivity index (χ3n) is 3.87. The molecule has 0 saturated heterocycles. The average molecular weight is 383 g/mol. The van der Waals surface area contributed by atoms with Crippen molar-refractivity contribution in [1.82, 2.24) is 15.1 Å². The molecule has 0 aliphatic rings. The number of aromatic nitrogens is 2. The number of nitrogens with one attached hydrogen (secondary N) is 2. The van der Waals surface area contributed by atoms with E-state index in [2.05, 4.69) is 15.7 Å². The molecule has 2 heterocycles. The molecule has 0 fully saturated rings. The minimum atomic E-state index is -0.584. The standard InChI is InChI=1S/C18H17N5O5/c1-2-22-11-15(16(21-22)18(25)19-10-14-7-4-8-28-14)20-17(24)12-5-3-6-13(9-12)23(26)27/h3-9,11H,2,10H2,1H3,(H,19,25)(H,20,24). The van der Waals surface area contributed by atoms with Crippen LogP contribution in [0.1, 0.15) is 33.5 Å². The third-order valence-corrected chi connectivity index (χ3v) is 3.87. The van der Waals surface area contributed by atoms with Gasteiger partial charge in [0.2, 0.25) is 0 Å². The highest BCUT2D eigenvalue weighted by molar-refractivity contribution is 6.08. The molecule has 3 aromatic rings. The van der Waals surface area contributed by atoms with Crippen LogP contribution in [0.2, 0.25) is 0 Å². The molecule has 0 aliphatic carbocycles. The summed E-state index contributed by atoms with van der Waals surface area (Å²) < 4.78 is 6.67. The summed E-state index contributed by atoms with van der Waals surface area (Å²) in [6.07, 6.45) is 3.02. The van der Waals surface area contributed by atoms with Gasteiger partial charge in [-0.15, -0.1) is 0 Å². The predicted octanol–water partition coefficient (Wildman–Crippen LogP) is 2.59. The van der Waals surface area contributed by atoms with Crippen molar-refractivity contribution >= 4 is 23.2 Å². The van der Waals surface area contributed by atoms with Crippen molar-refractivity contribution in [1.29, 1.82) is 0 Å². The fraction of sp³-hybridized carbons (Fsp3) is 0.167. The Balaban J connectivity index is 1.78. The summed E-state index contributed by atoms with van der Waals surface area (Å²) in [7, 11) is 0. The van der Waals surface area contributed by atoms with E-state index in [0.29, 0.717) is 12.3 Å². The summed E-state index contributed by atoms with van der Waals surface area (Å²) in [6.45, 7) is 2.50. The molecule has 2 amide bonds. The molecule has 0 spiro atoms. The van der Waals surface area contributed by atoms with Gasteiger partial charge >= 0.3 is 0 Å². The van der Waals surface area contributed by atoms with Crippen molar-refractivity contribution in [3.05, 3.63) is 76.0 Å². The largest absolute Gasteiger partial charge is 0.467 e. The molecule has 1 aromatic carbocycles. The molecule has 2 N–H and O–H groups in total. The summed E-state index contributed by atoms with van der Waals surface area (Å²) in [6, 6.07) is 8.74. The molecule has 0 aliphatic heterocycles. The highest BCUT2D eigenvalue weighted by atomic mass is 16.6. The van der Waals surface area contributed by atoms with Gasteiger partial charge in [-0.3, -0.25) is 24.4 Å². The summed E-state index contributed by atoms with van der Waals surface area (Å²) in [5.74, 6) is -0.497. The number of non-ortho nitro benzene ring substituents is 1. The topological polar surface area (TPSA) is 132 Å². The van der Waals surface area contributed by atoms with Crippen molar-refractivity contribution < 1.29 is 18.9 Å². The van der Waals surface area contributed by atoms with Gasteiger partial charge in [-0.1, -0.05) is 6.07 Å². The Bertz CT molecular complexity index is 1010. The zero-order valence-corrected chi connectivity index (χ0v) is 14.9. The number of nitro benzene ring substituents is 1. The van der Waals surface area contributed by atoms with Gasteiger partial charge in [0.15, 0.2) is 5.69 Å². The zero-order chi connectivity index (χ0) is 20.1. The number of hydrogen-bond acceptors (Lipinski definition) is 6. The maximum Gasteiger partial charge on any atom is 0.274 e. The van der Waals surface area contributed by atoms with Gasteiger partial charge in [-0.2, -0.15) is 5.10 Å². The maximum absolute atomic E-state index is 12.5. The Morgan fingerprint density at radius 2 is 2.07 bits per heavy atom. The lowest BCUT2D eigenvalue weighted by Crippen LogP contribution is -2.25. The lowest BCUT2D eigenvalue weighted by atomic mass is 10.2. The van der Waals surface area contributed by atoms with E-state index < -0.39 is 16.7 Å². The van der Waals surface area contributed by atoms with E-state index >= 15 is 0 Å². The average Bonchev–Trinajstić information content (AvgIpc) is 3.36. The molecule has 10 nitrogen and oxygen atoms in total. The van der Waals surface area contributed by atoms with Crippen LogP contribution in [-0.4, -0.2) is 26.5 Å². The number of hydrogen-bond donors (Lipinski definition) is 2. The molecular weight excluding hydrogens is 366 g/mol. The first-order valence-electron chi connectivity index (χ1n) is 8.41. The fourth-order valence-electron chi connectivity index (χ4n) is 2.46. The van der Waals surface area contributed by atoms with Gasteiger partial charge in [0.05, 0.1) is 23.4 Å². The highest BCUT2D eigenvalue weighted by Crippen LogP contribution is 2.18. The Labute approximate surface area is 159 Å². The van der Waals surface area contributed by atoms with Gasteiger partial charge in [-0.05, 0) is 25.1 Å². The second kappa shape index (κ2) is 8.16. The SMILES string of the molecule is CCn1cc(NC(=O)c2cccc([N+](=O)[O-])c2)c(C(=O)NCc2ccco2)n1. The molecule has 0 bridgehead atoms. The molecule has 2 aromatic heterocycles. The lowest BCUT2D eigenvalue weighted by molar-refractivity contribution is -0.384. The van der Waals surface area contributed by atoms with Crippen LogP contribution in [0, 0.1) is 10.1 Å². The van der Waals surface area contributed by atoms with Crippen LogP contribution in [0.3, 0.4) is 0 Å². The molecule has 0 atom stereocenters. The Morgan fingerprint density at radius 3 is 2.75 bits per heavy atom. The summed E-state index contributed by atoms with van der Waals surface area (Å²) in [5.41, 5.74) is 0.135. The van der Waals surface area contributed by atoms with Crippen molar-refractivity contribution in [3.8, 4) is 0 Å². The number of anilines is 1. The normalized spacial score (nSPS) is 10.5. The smallest absolute Gasteiger partial charge is 0.274 e. The number of carbonyl (C=O) groups is 2. The maximum atomic E-state index is 12.5. The summed E-state index contributed by atoms with van der Waals surface area (Å²) in [5, 5.41) is 20.3. The van der Waals surface area contributed by atoms with E-state index in [4.69, 9.17) is 4.42 Å². The van der Waals surface area contributed by atoms with E-state index in [-0.39, 0.29) is 29.2 Å². The third kappa shape index (κ3) is 4.23. The minimum Gasteiger partial charge on any atom is -0.467 e. The van der Waals surface area contributed by atoms with Crippen LogP contribution in [0.15, 0.2) is 53.3 Å². The molecule has 144 valence electrons. The minimum absolute atomic E-state index is 0.0344. The number of benzene rings is 1. The van der Waals surface area contributed by atoms with Crippen molar-refractivity contribution in [2.75, 3.05) is 5.32 Å². The first kappa shape index (κ1) is 18.8. The second-order valence-corrected chi connectivity index (χ2v) is 5.77. The van der Waals surface area contributed by atoms with E-state index in [0.717, 1.165) is 6.07 Å². The number of carbonyl (C=O) groups excluding carboxylic acids is 2. The predicted molar refractivity (Wildman–Crippen MR) is 98.8 cm³/mol. The zero-order valence-electron chi connectivity index (χ0n) is 14.9. The highest BCUT2D eigenvalue weighted by Gasteiger charge is 2.20. The number of furan rings is 1. The van der Waals surface area contributed by atoms with Crippen LogP contribution < -0.4 is 10.6 Å². The summed E-state index contributed by atoms with van der Waals surface area (Å²) in [4.78, 5) is 35.3. The molecule has 28 heavy (non-hydrogen) atoms. The van der Waals surface area contributed by atoms with Crippen LogP contribution >= 0.6 is 0 Å². The van der Waals surface area contributed by atoms with Gasteiger partial charge in [0.25, 0.3) is 17.5 Å². The van der Waals surface area contributed by atoms with Gasteiger partial charge in [0, 0.05) is 30.4 Å². The molecule has 0 saturated carbocycles. The Hall–Kier alpha value is -3.95. The van der Waals surface area contributed by atoms with Gasteiger partial charge in [0.1, 0.15) is 5.76 Å². The monoisotopic (exact) mass is 383 g/mol. The van der Waals surface area contributed by atoms with E-state index in [1.165, 1.54) is 35.3 Å². The van der Waals surface area contributed by atoms with Crippen molar-refractivity contribution in [2.45, 2.75) is 20.0 Å². The number of nitrogens with zero attached hydrogens (tertiary/aromatic N) is 3. The second-order valence-electron chi connectivity index (χ2n) is 5.77. The summed E-state index contributed by atoms with van der Waals surface area (Å²) >= 11 is 0. The van der Waals surface area contributed by atoms with Gasteiger partial charge in [-0.25, -0.2) is 0 Å². The van der Waals surface area contributed by atoms with Crippen LogP contribution in [0.25, 0.3) is 0 Å². The van der Waals surface area contributed by atoms with Crippen molar-refractivity contribution in [3.63, 3.8) is 0 Å². The Kier molecular flexibility index (Phi) is 5.49. The van der Waals surface area contributed by atoms with Crippen molar-refractivity contribution in [2.24, 2.45) is 0 Å². The van der Waals surface area contributed by atoms with E-state index in [9.17, 15) is 19.7 Å². The number of amides is 2. The van der Waals surface area contributed by atoms with Crippen LogP contribution in [0.5, 0.6) is 0 Å². The number of nitro groups is 1. The first-order valence-corrected chi connectivity index (χ1v) is 8.41. The van der Waals surface area contributed by atoms with Crippen LogP contribution in [0.4, 0.5) is 11.4 Å². The number of aryl methyl sites for hydroxylation is 1. The fourth-order valence-corrected chi connectivity index (χ4v) is 2.46. The molecule has 10 heteroatoms. The molecule has 0 unspecified atom stereocenters. The lowest BCUT2D eigenvalue weighted by Gasteiger charge is -2.06. The molecule has 0 radical (unpaired) electrons. The molecular formula is C18H17N5O5. The van der Waals surface area contributed by atoms with Crippen LogP contribution in [-0.2, 0) is 13.1 Å². The quantitative estimate of drug-likeness (QED) is 0.476. The number of rotatable bonds is 7. The molecule has 3 rings (SSSR count). The Morgan fingerprint density at radius 1 is 1.25 bits per heavy atom. The van der Waals surface area contributed by atoms with E-state index in [1.807, 2.05) is 6.92 Å².